The van der Waals surface area contributed by atoms with Crippen molar-refractivity contribution in [2.24, 2.45) is 5.92 Å². The van der Waals surface area contributed by atoms with E-state index < -0.39 is 17.5 Å². The summed E-state index contributed by atoms with van der Waals surface area (Å²) in [7, 11) is 0. The third kappa shape index (κ3) is 3.03. The van der Waals surface area contributed by atoms with E-state index in [4.69, 9.17) is 0 Å². The minimum Gasteiger partial charge on any atom is -0.380 e. The van der Waals surface area contributed by atoms with Crippen LogP contribution in [0.3, 0.4) is 0 Å². The number of benzene rings is 1. The zero-order valence-corrected chi connectivity index (χ0v) is 12.0. The number of halogens is 3. The second-order valence-corrected chi connectivity index (χ2v) is 6.12. The maximum absolute atomic E-state index is 13.8. The molecule has 1 saturated carbocycles. The van der Waals surface area contributed by atoms with Crippen LogP contribution in [0.1, 0.15) is 38.5 Å². The Morgan fingerprint density at radius 1 is 0.952 bits per heavy atom. The Hall–Kier alpha value is -1.23. The van der Waals surface area contributed by atoms with Crippen molar-refractivity contribution < 1.29 is 13.2 Å². The number of hydrogen-bond donors (Lipinski definition) is 2. The smallest absolute Gasteiger partial charge is 0.196 e. The van der Waals surface area contributed by atoms with Crippen LogP contribution in [0.5, 0.6) is 0 Å². The summed E-state index contributed by atoms with van der Waals surface area (Å²) >= 11 is 0. The maximum Gasteiger partial charge on any atom is 0.196 e. The van der Waals surface area contributed by atoms with Gasteiger partial charge in [-0.2, -0.15) is 0 Å². The summed E-state index contributed by atoms with van der Waals surface area (Å²) in [6, 6.07) is 2.85. The SMILES string of the molecule is Fc1ccc(NC2CCCCC2C2CCCN2)c(F)c1F. The zero-order valence-electron chi connectivity index (χ0n) is 12.0. The third-order valence-corrected chi connectivity index (χ3v) is 4.81. The summed E-state index contributed by atoms with van der Waals surface area (Å²) in [6.45, 7) is 1.04. The van der Waals surface area contributed by atoms with Crippen LogP contribution in [0.15, 0.2) is 12.1 Å². The molecule has 0 aromatic heterocycles. The molecule has 5 heteroatoms. The van der Waals surface area contributed by atoms with Crippen molar-refractivity contribution >= 4 is 5.69 Å². The topological polar surface area (TPSA) is 24.1 Å². The van der Waals surface area contributed by atoms with Crippen molar-refractivity contribution in [3.63, 3.8) is 0 Å². The lowest BCUT2D eigenvalue weighted by Crippen LogP contribution is -2.43. The molecule has 1 heterocycles. The van der Waals surface area contributed by atoms with Crippen LogP contribution in [0, 0.1) is 23.4 Å². The van der Waals surface area contributed by atoms with Crippen LogP contribution in [-0.4, -0.2) is 18.6 Å². The van der Waals surface area contributed by atoms with Gasteiger partial charge in [-0.1, -0.05) is 12.8 Å². The highest BCUT2D eigenvalue weighted by Gasteiger charge is 2.33. The van der Waals surface area contributed by atoms with E-state index in [1.165, 1.54) is 18.9 Å². The predicted octanol–water partition coefficient (Wildman–Crippen LogP) is 3.83. The van der Waals surface area contributed by atoms with Gasteiger partial charge < -0.3 is 10.6 Å². The number of hydrogen-bond acceptors (Lipinski definition) is 2. The Morgan fingerprint density at radius 2 is 1.76 bits per heavy atom. The molecule has 3 unspecified atom stereocenters. The molecule has 3 rings (SSSR count). The predicted molar refractivity (Wildman–Crippen MR) is 76.7 cm³/mol. The first-order valence-electron chi connectivity index (χ1n) is 7.80. The Labute approximate surface area is 123 Å². The fourth-order valence-electron chi connectivity index (χ4n) is 3.73. The molecule has 1 aromatic carbocycles. The van der Waals surface area contributed by atoms with E-state index in [0.29, 0.717) is 12.0 Å². The molecule has 21 heavy (non-hydrogen) atoms. The summed E-state index contributed by atoms with van der Waals surface area (Å²) in [4.78, 5) is 0. The molecule has 0 amide bonds. The lowest BCUT2D eigenvalue weighted by Gasteiger charge is -2.36. The van der Waals surface area contributed by atoms with Crippen LogP contribution in [-0.2, 0) is 0 Å². The molecule has 2 N–H and O–H groups in total. The quantitative estimate of drug-likeness (QED) is 0.829. The van der Waals surface area contributed by atoms with Crippen LogP contribution >= 0.6 is 0 Å². The van der Waals surface area contributed by atoms with Crippen LogP contribution < -0.4 is 10.6 Å². The maximum atomic E-state index is 13.8. The van der Waals surface area contributed by atoms with E-state index in [0.717, 1.165) is 38.3 Å². The second kappa shape index (κ2) is 6.26. The second-order valence-electron chi connectivity index (χ2n) is 6.12. The van der Waals surface area contributed by atoms with E-state index in [9.17, 15) is 13.2 Å². The Kier molecular flexibility index (Phi) is 4.38. The largest absolute Gasteiger partial charge is 0.380 e. The van der Waals surface area contributed by atoms with Gasteiger partial charge in [0, 0.05) is 12.1 Å². The van der Waals surface area contributed by atoms with E-state index in [2.05, 4.69) is 10.6 Å². The van der Waals surface area contributed by atoms with Gasteiger partial charge in [0.1, 0.15) is 0 Å². The molecular weight excluding hydrogens is 277 g/mol. The van der Waals surface area contributed by atoms with Gasteiger partial charge >= 0.3 is 0 Å². The molecule has 1 aliphatic carbocycles. The van der Waals surface area contributed by atoms with Gasteiger partial charge in [-0.3, -0.25) is 0 Å². The van der Waals surface area contributed by atoms with Gasteiger partial charge in [-0.25, -0.2) is 13.2 Å². The number of nitrogens with one attached hydrogen (secondary N) is 2. The van der Waals surface area contributed by atoms with Gasteiger partial charge in [-0.05, 0) is 50.3 Å². The molecule has 0 bridgehead atoms. The molecule has 2 aliphatic rings. The van der Waals surface area contributed by atoms with Crippen molar-refractivity contribution in [3.05, 3.63) is 29.6 Å². The molecule has 1 aliphatic heterocycles. The zero-order chi connectivity index (χ0) is 14.8. The lowest BCUT2D eigenvalue weighted by atomic mass is 9.79. The van der Waals surface area contributed by atoms with Gasteiger partial charge in [0.2, 0.25) is 0 Å². The summed E-state index contributed by atoms with van der Waals surface area (Å²) < 4.78 is 40.2. The van der Waals surface area contributed by atoms with Crippen molar-refractivity contribution in [2.45, 2.75) is 50.6 Å². The van der Waals surface area contributed by atoms with E-state index in [1.807, 2.05) is 0 Å². The van der Waals surface area contributed by atoms with E-state index >= 15 is 0 Å². The average Bonchev–Trinajstić information content (AvgIpc) is 3.02. The minimum atomic E-state index is -1.40. The standard InChI is InChI=1S/C16H21F3N2/c17-11-7-8-14(16(19)15(11)18)21-13-5-2-1-4-10(13)12-6-3-9-20-12/h7-8,10,12-13,20-21H,1-6,9H2. The molecule has 3 atom stereocenters. The van der Waals surface area contributed by atoms with Crippen molar-refractivity contribution in [1.29, 1.82) is 0 Å². The monoisotopic (exact) mass is 298 g/mol. The van der Waals surface area contributed by atoms with Gasteiger partial charge in [0.15, 0.2) is 17.5 Å². The molecule has 116 valence electrons. The lowest BCUT2D eigenvalue weighted by molar-refractivity contribution is 0.262. The van der Waals surface area contributed by atoms with Crippen molar-refractivity contribution in [2.75, 3.05) is 11.9 Å². The average molecular weight is 298 g/mol. The van der Waals surface area contributed by atoms with Gasteiger partial charge in [0.05, 0.1) is 5.69 Å². The fourth-order valence-corrected chi connectivity index (χ4v) is 3.73. The molecule has 2 nitrogen and oxygen atoms in total. The number of anilines is 1. The van der Waals surface area contributed by atoms with Gasteiger partial charge in [-0.15, -0.1) is 0 Å². The highest BCUT2D eigenvalue weighted by Crippen LogP contribution is 2.33. The van der Waals surface area contributed by atoms with Crippen molar-refractivity contribution in [1.82, 2.24) is 5.32 Å². The van der Waals surface area contributed by atoms with Crippen LogP contribution in [0.2, 0.25) is 0 Å². The minimum absolute atomic E-state index is 0.0730. The Morgan fingerprint density at radius 3 is 2.52 bits per heavy atom. The summed E-state index contributed by atoms with van der Waals surface area (Å²) in [5, 5.41) is 6.63. The van der Waals surface area contributed by atoms with E-state index in [1.54, 1.807) is 0 Å². The Bertz CT molecular complexity index is 501. The molecular formula is C16H21F3N2. The third-order valence-electron chi connectivity index (χ3n) is 4.81. The molecule has 2 fully saturated rings. The van der Waals surface area contributed by atoms with Crippen molar-refractivity contribution in [3.8, 4) is 0 Å². The highest BCUT2D eigenvalue weighted by atomic mass is 19.2. The summed E-state index contributed by atoms with van der Waals surface area (Å²) in [6.07, 6.45) is 6.63. The molecule has 1 aromatic rings. The van der Waals surface area contributed by atoms with Gasteiger partial charge in [0.25, 0.3) is 0 Å². The number of rotatable bonds is 3. The Balaban J connectivity index is 1.76. The summed E-state index contributed by atoms with van der Waals surface area (Å²) in [5.41, 5.74) is 0.0730. The first-order chi connectivity index (χ1) is 10.2. The molecule has 0 radical (unpaired) electrons. The van der Waals surface area contributed by atoms with E-state index in [-0.39, 0.29) is 11.7 Å². The molecule has 0 spiro atoms. The fraction of sp³-hybridized carbons (Fsp3) is 0.625. The van der Waals surface area contributed by atoms with Crippen LogP contribution in [0.4, 0.5) is 18.9 Å². The first kappa shape index (κ1) is 14.7. The first-order valence-corrected chi connectivity index (χ1v) is 7.80. The molecule has 1 saturated heterocycles. The highest BCUT2D eigenvalue weighted by molar-refractivity contribution is 5.46. The normalized spacial score (nSPS) is 29.6. The van der Waals surface area contributed by atoms with Crippen LogP contribution in [0.25, 0.3) is 0 Å². The summed E-state index contributed by atoms with van der Waals surface area (Å²) in [5.74, 6) is -3.23.